The third-order valence-electron chi connectivity index (χ3n) is 2.50. The van der Waals surface area contributed by atoms with Gasteiger partial charge in [-0.15, -0.1) is 0 Å². The molecule has 0 amide bonds. The van der Waals surface area contributed by atoms with Crippen molar-refractivity contribution in [3.8, 4) is 0 Å². The Bertz CT molecular complexity index is 746. The molecule has 0 heterocycles. The molecule has 0 aliphatic rings. The van der Waals surface area contributed by atoms with Crippen LogP contribution in [0.1, 0.15) is 6.42 Å². The molecule has 0 spiro atoms. The highest BCUT2D eigenvalue weighted by Gasteiger charge is 2.67. The van der Waals surface area contributed by atoms with Crippen molar-refractivity contribution in [3.63, 3.8) is 0 Å². The van der Waals surface area contributed by atoms with E-state index in [0.717, 1.165) is 0 Å². The van der Waals surface area contributed by atoms with E-state index in [9.17, 15) is 51.6 Å². The first-order chi connectivity index (χ1) is 10.6. The molecule has 0 rings (SSSR count). The average Bonchev–Trinajstić information content (AvgIpc) is 2.21. The molecule has 0 unspecified atom stereocenters. The van der Waals surface area contributed by atoms with E-state index in [4.69, 9.17) is 10.7 Å². The Morgan fingerprint density at radius 1 is 0.760 bits per heavy atom. The van der Waals surface area contributed by atoms with Gasteiger partial charge in [0, 0.05) is 0 Å². The summed E-state index contributed by atoms with van der Waals surface area (Å²) in [4.78, 5) is 0. The summed E-state index contributed by atoms with van der Waals surface area (Å²) in [5.41, 5.74) is -13.1. The Kier molecular flexibility index (Phi) is 7.26. The van der Waals surface area contributed by atoms with Gasteiger partial charge in [0.15, 0.2) is 9.84 Å². The van der Waals surface area contributed by atoms with E-state index in [-0.39, 0.29) is 5.75 Å². The van der Waals surface area contributed by atoms with Gasteiger partial charge in [-0.2, -0.15) is 35.6 Å². The predicted molar refractivity (Wildman–Crippen MR) is 82.3 cm³/mol. The number of hydrogen-bond acceptors (Lipinski definition) is 6. The van der Waals surface area contributed by atoms with Crippen molar-refractivity contribution in [2.24, 2.45) is 0 Å². The highest BCUT2D eigenvalue weighted by molar-refractivity contribution is 8.50. The zero-order valence-corrected chi connectivity index (χ0v) is 16.4. The van der Waals surface area contributed by atoms with Gasteiger partial charge in [0.2, 0.25) is 0 Å². The lowest BCUT2D eigenvalue weighted by Gasteiger charge is -2.23. The van der Waals surface area contributed by atoms with Crippen molar-refractivity contribution >= 4 is 49.4 Å². The molecule has 0 aromatic heterocycles. The van der Waals surface area contributed by atoms with Crippen LogP contribution in [0.3, 0.4) is 0 Å². The van der Waals surface area contributed by atoms with Crippen molar-refractivity contribution < 1.29 is 51.6 Å². The monoisotopic (exact) mass is 482 g/mol. The number of rotatable bonds is 7. The highest BCUT2D eigenvalue weighted by atomic mass is 35.7. The first-order valence-corrected chi connectivity index (χ1v) is 14.1. The molecule has 0 fully saturated rings. The number of halogens is 7. The zero-order chi connectivity index (χ0) is 20.7. The molecular formula is C8H13ClF6O6S4. The summed E-state index contributed by atoms with van der Waals surface area (Å²) in [5, 5.41) is 0. The lowest BCUT2D eigenvalue weighted by molar-refractivity contribution is -0.0462. The summed E-state index contributed by atoms with van der Waals surface area (Å²) in [6, 6.07) is 0. The van der Waals surface area contributed by atoms with Crippen LogP contribution in [-0.4, -0.2) is 64.2 Å². The maximum atomic E-state index is 12.5. The number of alkyl halides is 6. The van der Waals surface area contributed by atoms with Crippen LogP contribution in [-0.2, 0) is 29.5 Å². The van der Waals surface area contributed by atoms with Crippen molar-refractivity contribution in [1.82, 2.24) is 0 Å². The molecule has 0 radical (unpaired) electrons. The molecule has 25 heavy (non-hydrogen) atoms. The first-order valence-electron chi connectivity index (χ1n) is 5.80. The number of hydrogen-bond donors (Lipinski definition) is 0. The maximum absolute atomic E-state index is 12.5. The van der Waals surface area contributed by atoms with Gasteiger partial charge in [0.25, 0.3) is 23.6 Å². The lowest BCUT2D eigenvalue weighted by Crippen LogP contribution is -2.49. The van der Waals surface area contributed by atoms with Crippen LogP contribution in [0.4, 0.5) is 26.3 Å². The first kappa shape index (κ1) is 25.1. The van der Waals surface area contributed by atoms with E-state index in [1.165, 1.54) is 12.5 Å². The van der Waals surface area contributed by atoms with Crippen LogP contribution in [0, 0.1) is 0 Å². The van der Waals surface area contributed by atoms with Crippen molar-refractivity contribution in [2.45, 2.75) is 21.4 Å². The molecule has 0 saturated heterocycles. The van der Waals surface area contributed by atoms with Gasteiger partial charge in [-0.1, -0.05) is 10.7 Å². The van der Waals surface area contributed by atoms with Crippen molar-refractivity contribution in [1.29, 1.82) is 0 Å². The fourth-order valence-corrected chi connectivity index (χ4v) is 10.3. The summed E-state index contributed by atoms with van der Waals surface area (Å²) in [5.74, 6) is -1.70. The van der Waals surface area contributed by atoms with E-state index in [2.05, 4.69) is 0 Å². The number of sulfone groups is 3. The zero-order valence-electron chi connectivity index (χ0n) is 12.4. The van der Waals surface area contributed by atoms with E-state index in [1.807, 2.05) is 0 Å². The molecule has 0 N–H and O–H groups in total. The van der Waals surface area contributed by atoms with Gasteiger partial charge in [0.1, 0.15) is 0 Å². The lowest BCUT2D eigenvalue weighted by atomic mass is 10.6. The summed E-state index contributed by atoms with van der Waals surface area (Å²) < 4.78 is 139. The van der Waals surface area contributed by atoms with E-state index >= 15 is 0 Å². The van der Waals surface area contributed by atoms with E-state index in [1.54, 1.807) is 0 Å². The predicted octanol–water partition coefficient (Wildman–Crippen LogP) is 2.16. The van der Waals surface area contributed by atoms with Gasteiger partial charge in [-0.3, -0.25) is 0 Å². The van der Waals surface area contributed by atoms with Gasteiger partial charge in [-0.25, -0.2) is 25.3 Å². The minimum absolute atomic E-state index is 0.168. The SMILES string of the molecule is CS(C)(Cl)CCCS(=O)(=O)C(S(=O)(=O)C(F)(F)F)S(=O)(=O)C(F)(F)F. The molecule has 0 aromatic rings. The second-order valence-electron chi connectivity index (χ2n) is 5.10. The molecule has 154 valence electrons. The quantitative estimate of drug-likeness (QED) is 0.515. The molecule has 17 heteroatoms. The van der Waals surface area contributed by atoms with Crippen molar-refractivity contribution in [3.05, 3.63) is 0 Å². The standard InChI is InChI=1S/C8H13ClF6O6S4/c1-22(2,9)4-3-5-23(16,17)6(24(18,19)7(10,11)12)25(20,21)8(13,14)15/h6H,3-5H2,1-2H3. The molecule has 0 aromatic carbocycles. The Morgan fingerprint density at radius 3 is 1.32 bits per heavy atom. The fraction of sp³-hybridized carbons (Fsp3) is 1.00. The minimum Gasteiger partial charge on any atom is -0.226 e. The normalized spacial score (nSPS) is 16.2. The van der Waals surface area contributed by atoms with Gasteiger partial charge >= 0.3 is 11.0 Å². The van der Waals surface area contributed by atoms with Crippen LogP contribution in [0.15, 0.2) is 0 Å². The minimum atomic E-state index is -7.23. The Balaban J connectivity index is 6.30. The average molecular weight is 483 g/mol. The topological polar surface area (TPSA) is 102 Å². The second kappa shape index (κ2) is 7.24. The van der Waals surface area contributed by atoms with E-state index in [0.29, 0.717) is 0 Å². The third kappa shape index (κ3) is 6.04. The van der Waals surface area contributed by atoms with Gasteiger partial charge in [0.05, 0.1) is 5.75 Å². The fourth-order valence-electron chi connectivity index (χ4n) is 1.47. The Labute approximate surface area is 146 Å². The third-order valence-corrected chi connectivity index (χ3v) is 12.8. The smallest absolute Gasteiger partial charge is 0.226 e. The van der Waals surface area contributed by atoms with Crippen LogP contribution < -0.4 is 0 Å². The van der Waals surface area contributed by atoms with Crippen LogP contribution in [0.25, 0.3) is 0 Å². The molecule has 0 aliphatic carbocycles. The summed E-state index contributed by atoms with van der Waals surface area (Å²) in [6.07, 6.45) is 2.24. The largest absolute Gasteiger partial charge is 0.499 e. The second-order valence-corrected chi connectivity index (χ2v) is 18.0. The van der Waals surface area contributed by atoms with E-state index < -0.39 is 65.9 Å². The molecule has 6 nitrogen and oxygen atoms in total. The van der Waals surface area contributed by atoms with Crippen LogP contribution in [0.2, 0.25) is 0 Å². The summed E-state index contributed by atoms with van der Waals surface area (Å²) >= 11 is 0. The van der Waals surface area contributed by atoms with Gasteiger partial charge in [-0.05, 0) is 24.7 Å². The molecule has 0 saturated carbocycles. The molecular weight excluding hydrogens is 470 g/mol. The Hall–Kier alpha value is 0.0700. The highest BCUT2D eigenvalue weighted by Crippen LogP contribution is 2.46. The van der Waals surface area contributed by atoms with Gasteiger partial charge < -0.3 is 0 Å². The Morgan fingerprint density at radius 2 is 1.08 bits per heavy atom. The van der Waals surface area contributed by atoms with Crippen LogP contribution in [0.5, 0.6) is 0 Å². The molecule has 0 atom stereocenters. The van der Waals surface area contributed by atoms with Crippen LogP contribution >= 0.6 is 19.9 Å². The molecule has 0 aliphatic heterocycles. The summed E-state index contributed by atoms with van der Waals surface area (Å²) in [7, 11) is -16.5. The maximum Gasteiger partial charge on any atom is 0.499 e. The molecule has 0 bridgehead atoms. The summed E-state index contributed by atoms with van der Waals surface area (Å²) in [6.45, 7) is 0. The van der Waals surface area contributed by atoms with Crippen molar-refractivity contribution in [2.75, 3.05) is 24.0 Å².